The Morgan fingerprint density at radius 3 is 2.06 bits per heavy atom. The van der Waals surface area contributed by atoms with Gasteiger partial charge in [-0.05, 0) is 22.3 Å². The summed E-state index contributed by atoms with van der Waals surface area (Å²) < 4.78 is 6.35. The van der Waals surface area contributed by atoms with Gasteiger partial charge >= 0.3 is 12.0 Å². The van der Waals surface area contributed by atoms with Crippen molar-refractivity contribution in [2.45, 2.75) is 28.8 Å². The maximum Gasteiger partial charge on any atom is 0.345 e. The molecule has 0 aromatic heterocycles. The number of nitrogens with one attached hydrogen (secondary N) is 1. The molecule has 0 spiro atoms. The molecule has 4 amide bonds. The standard InChI is InChI=1S/C37H33N5O5S/c43-30(23-26-13-5-1-6-14-26)39-31-33(44)40-25-37(48-34(31)40,41-21-22-42(36(41)46)38-24-27-15-7-2-8-16-27)35(45)47-32(28-17-9-3-10-18-28)29-19-11-4-12-20-29/h1-20,24,31-32,34H,21-23,25H2,(H,39,43)/t31-,34-,37-/m1/s1. The van der Waals surface area contributed by atoms with E-state index in [9.17, 15) is 19.2 Å². The number of esters is 1. The highest BCUT2D eigenvalue weighted by Crippen LogP contribution is 2.51. The summed E-state index contributed by atoms with van der Waals surface area (Å²) in [5.41, 5.74) is 3.18. The Kier molecular flexibility index (Phi) is 8.68. The summed E-state index contributed by atoms with van der Waals surface area (Å²) in [4.78, 5) is 56.4. The molecule has 48 heavy (non-hydrogen) atoms. The molecule has 0 saturated carbocycles. The number of rotatable bonds is 10. The number of nitrogens with zero attached hydrogens (tertiary/aromatic N) is 4. The van der Waals surface area contributed by atoms with Gasteiger partial charge in [0.25, 0.3) is 0 Å². The molecule has 0 unspecified atom stereocenters. The molecule has 11 heteroatoms. The largest absolute Gasteiger partial charge is 0.450 e. The maximum atomic E-state index is 14.6. The first-order valence-corrected chi connectivity index (χ1v) is 16.6. The molecule has 3 aliphatic rings. The molecule has 0 aliphatic carbocycles. The van der Waals surface area contributed by atoms with Gasteiger partial charge in [-0.2, -0.15) is 5.10 Å². The highest BCUT2D eigenvalue weighted by atomic mass is 32.2. The van der Waals surface area contributed by atoms with Crippen LogP contribution in [0.5, 0.6) is 0 Å². The van der Waals surface area contributed by atoms with Gasteiger partial charge in [-0.25, -0.2) is 14.6 Å². The van der Waals surface area contributed by atoms with Crippen molar-refractivity contribution in [3.63, 3.8) is 0 Å². The smallest absolute Gasteiger partial charge is 0.345 e. The molecule has 7 rings (SSSR count). The van der Waals surface area contributed by atoms with Gasteiger partial charge in [-0.1, -0.05) is 133 Å². The van der Waals surface area contributed by atoms with Gasteiger partial charge in [-0.15, -0.1) is 0 Å². The number of amides is 4. The van der Waals surface area contributed by atoms with E-state index in [1.54, 1.807) is 11.1 Å². The normalized spacial score (nSPS) is 21.8. The van der Waals surface area contributed by atoms with Crippen LogP contribution < -0.4 is 5.32 Å². The fourth-order valence-electron chi connectivity index (χ4n) is 6.23. The number of fused-ring (bicyclic) bond motifs is 1. The Bertz CT molecular complexity index is 1790. The minimum absolute atomic E-state index is 0.0800. The number of urea groups is 1. The lowest BCUT2D eigenvalue weighted by Crippen LogP contribution is -2.67. The number of hydrazone groups is 1. The molecular formula is C37H33N5O5S. The van der Waals surface area contributed by atoms with E-state index < -0.39 is 34.4 Å². The zero-order valence-corrected chi connectivity index (χ0v) is 26.7. The van der Waals surface area contributed by atoms with E-state index in [-0.39, 0.29) is 37.9 Å². The van der Waals surface area contributed by atoms with Crippen molar-refractivity contribution in [1.29, 1.82) is 0 Å². The topological polar surface area (TPSA) is 112 Å². The van der Waals surface area contributed by atoms with E-state index in [0.29, 0.717) is 0 Å². The third-order valence-electron chi connectivity index (χ3n) is 8.68. The van der Waals surface area contributed by atoms with E-state index in [0.717, 1.165) is 22.3 Å². The van der Waals surface area contributed by atoms with Gasteiger partial charge in [0.05, 0.1) is 25.7 Å². The Morgan fingerprint density at radius 1 is 0.854 bits per heavy atom. The Labute approximate surface area is 282 Å². The second-order valence-corrected chi connectivity index (χ2v) is 13.2. The highest BCUT2D eigenvalue weighted by molar-refractivity contribution is 8.02. The van der Waals surface area contributed by atoms with Crippen LogP contribution in [0.1, 0.15) is 28.4 Å². The molecule has 3 saturated heterocycles. The van der Waals surface area contributed by atoms with Gasteiger partial charge in [0.2, 0.25) is 16.7 Å². The van der Waals surface area contributed by atoms with Crippen LogP contribution in [0.2, 0.25) is 0 Å². The summed E-state index contributed by atoms with van der Waals surface area (Å²) in [6.45, 7) is 0.353. The average Bonchev–Trinajstić information content (AvgIpc) is 3.69. The maximum absolute atomic E-state index is 14.6. The Hall–Kier alpha value is -5.42. The van der Waals surface area contributed by atoms with Crippen molar-refractivity contribution >= 4 is 41.8 Å². The predicted octanol–water partition coefficient (Wildman–Crippen LogP) is 4.43. The molecule has 3 heterocycles. The molecule has 0 radical (unpaired) electrons. The third kappa shape index (κ3) is 6.04. The SMILES string of the molecule is O=C(Cc1ccccc1)N[C@@H]1C(=O)N2C[C@@](C(=O)OC(c3ccccc3)c3ccccc3)(N3CCN(N=Cc4ccccc4)C3=O)S[C@H]12. The van der Waals surface area contributed by atoms with Gasteiger partial charge in [-0.3, -0.25) is 14.5 Å². The van der Waals surface area contributed by atoms with Crippen molar-refractivity contribution in [2.24, 2.45) is 5.10 Å². The first-order chi connectivity index (χ1) is 23.4. The number of carbonyl (C=O) groups excluding carboxylic acids is 4. The molecule has 3 atom stereocenters. The first-order valence-electron chi connectivity index (χ1n) is 15.7. The van der Waals surface area contributed by atoms with Crippen LogP contribution in [-0.2, 0) is 25.5 Å². The van der Waals surface area contributed by atoms with Crippen LogP contribution in [0.15, 0.2) is 126 Å². The van der Waals surface area contributed by atoms with Crippen LogP contribution in [0, 0.1) is 0 Å². The number of hydrogen-bond acceptors (Lipinski definition) is 7. The minimum Gasteiger partial charge on any atom is -0.450 e. The minimum atomic E-state index is -1.57. The summed E-state index contributed by atoms with van der Waals surface area (Å²) in [6.07, 6.45) is 0.959. The van der Waals surface area contributed by atoms with E-state index in [1.807, 2.05) is 121 Å². The quantitative estimate of drug-likeness (QED) is 0.153. The van der Waals surface area contributed by atoms with Gasteiger partial charge < -0.3 is 15.0 Å². The monoisotopic (exact) mass is 659 g/mol. The first kappa shape index (κ1) is 31.2. The number of ether oxygens (including phenoxy) is 1. The number of benzene rings is 4. The van der Waals surface area contributed by atoms with E-state index in [1.165, 1.54) is 21.7 Å². The predicted molar refractivity (Wildman–Crippen MR) is 182 cm³/mol. The van der Waals surface area contributed by atoms with Crippen molar-refractivity contribution in [1.82, 2.24) is 20.1 Å². The zero-order valence-electron chi connectivity index (χ0n) is 25.9. The van der Waals surface area contributed by atoms with Crippen molar-refractivity contribution < 1.29 is 23.9 Å². The van der Waals surface area contributed by atoms with Gasteiger partial charge in [0.1, 0.15) is 11.4 Å². The summed E-state index contributed by atoms with van der Waals surface area (Å²) in [5.74, 6) is -1.26. The van der Waals surface area contributed by atoms with Crippen molar-refractivity contribution in [2.75, 3.05) is 19.6 Å². The second-order valence-electron chi connectivity index (χ2n) is 11.8. The van der Waals surface area contributed by atoms with Crippen LogP contribution in [-0.4, -0.2) is 80.8 Å². The van der Waals surface area contributed by atoms with Crippen LogP contribution >= 0.6 is 11.8 Å². The van der Waals surface area contributed by atoms with Crippen LogP contribution in [0.4, 0.5) is 4.79 Å². The van der Waals surface area contributed by atoms with Gasteiger partial charge in [0, 0.05) is 6.54 Å². The summed E-state index contributed by atoms with van der Waals surface area (Å²) in [5, 5.41) is 8.05. The fraction of sp³-hybridized carbons (Fsp3) is 0.216. The summed E-state index contributed by atoms with van der Waals surface area (Å²) >= 11 is 1.17. The van der Waals surface area contributed by atoms with Crippen LogP contribution in [0.3, 0.4) is 0 Å². The number of hydrogen-bond donors (Lipinski definition) is 1. The lowest BCUT2D eigenvalue weighted by Gasteiger charge is -2.41. The lowest BCUT2D eigenvalue weighted by molar-refractivity contribution is -0.157. The van der Waals surface area contributed by atoms with Crippen molar-refractivity contribution in [3.05, 3.63) is 144 Å². The Morgan fingerprint density at radius 2 is 1.44 bits per heavy atom. The van der Waals surface area contributed by atoms with E-state index >= 15 is 0 Å². The molecule has 242 valence electrons. The molecule has 4 aromatic carbocycles. The molecule has 1 N–H and O–H groups in total. The number of carbonyl (C=O) groups is 4. The number of β-lactam (4-membered cyclic amide) rings is 1. The molecule has 3 fully saturated rings. The second kappa shape index (κ2) is 13.4. The van der Waals surface area contributed by atoms with Crippen LogP contribution in [0.25, 0.3) is 0 Å². The van der Waals surface area contributed by atoms with Gasteiger partial charge in [0.15, 0.2) is 6.10 Å². The molecule has 10 nitrogen and oxygen atoms in total. The molecule has 4 aromatic rings. The highest BCUT2D eigenvalue weighted by Gasteiger charge is 2.67. The average molecular weight is 660 g/mol. The molecular weight excluding hydrogens is 627 g/mol. The zero-order chi connectivity index (χ0) is 33.1. The lowest BCUT2D eigenvalue weighted by atomic mass is 10.0. The molecule has 3 aliphatic heterocycles. The third-order valence-corrected chi connectivity index (χ3v) is 10.4. The van der Waals surface area contributed by atoms with Crippen molar-refractivity contribution in [3.8, 4) is 0 Å². The Balaban J connectivity index is 1.17. The fourth-order valence-corrected chi connectivity index (χ4v) is 7.91. The number of thioether (sulfide) groups is 1. The summed E-state index contributed by atoms with van der Waals surface area (Å²) in [6, 6.07) is 36.2. The van der Waals surface area contributed by atoms with E-state index in [4.69, 9.17) is 4.74 Å². The summed E-state index contributed by atoms with van der Waals surface area (Å²) in [7, 11) is 0. The molecule has 0 bridgehead atoms. The van der Waals surface area contributed by atoms with E-state index in [2.05, 4.69) is 10.4 Å².